The molecule has 0 aliphatic heterocycles. The molecule has 0 unspecified atom stereocenters. The zero-order chi connectivity index (χ0) is 24.3. The van der Waals surface area contributed by atoms with Crippen molar-refractivity contribution >= 4 is 38.9 Å². The van der Waals surface area contributed by atoms with E-state index in [1.165, 1.54) is 18.3 Å². The molecule has 174 valence electrons. The fraction of sp³-hybridized carbons (Fsp3) is 0.120. The van der Waals surface area contributed by atoms with E-state index in [2.05, 4.69) is 15.1 Å². The van der Waals surface area contributed by atoms with Gasteiger partial charge in [0.2, 0.25) is 0 Å². The molecule has 0 fully saturated rings. The number of amides is 1. The first-order valence-corrected chi connectivity index (χ1v) is 12.4. The Hall–Kier alpha value is -3.62. The number of nitrogens with zero attached hydrogens (tertiary/aromatic N) is 2. The Bertz CT molecular complexity index is 1430. The van der Waals surface area contributed by atoms with Gasteiger partial charge in [-0.3, -0.25) is 14.2 Å². The number of benzene rings is 3. The van der Waals surface area contributed by atoms with E-state index in [-0.39, 0.29) is 10.8 Å². The van der Waals surface area contributed by atoms with Gasteiger partial charge < -0.3 is 5.32 Å². The second-order valence-corrected chi connectivity index (χ2v) is 9.96. The Morgan fingerprint density at radius 1 is 0.971 bits per heavy atom. The van der Waals surface area contributed by atoms with Crippen LogP contribution in [0.2, 0.25) is 5.02 Å². The Labute approximate surface area is 203 Å². The lowest BCUT2D eigenvalue weighted by Crippen LogP contribution is -2.15. The first kappa shape index (κ1) is 23.5. The highest BCUT2D eigenvalue weighted by molar-refractivity contribution is 7.92. The molecule has 0 spiro atoms. The van der Waals surface area contributed by atoms with Gasteiger partial charge in [0.15, 0.2) is 0 Å². The summed E-state index contributed by atoms with van der Waals surface area (Å²) >= 11 is 6.19. The zero-order valence-corrected chi connectivity index (χ0v) is 20.2. The molecule has 4 aromatic rings. The maximum Gasteiger partial charge on any atom is 0.261 e. The smallest absolute Gasteiger partial charge is 0.261 e. The van der Waals surface area contributed by atoms with Crippen LogP contribution < -0.4 is 10.0 Å². The van der Waals surface area contributed by atoms with Crippen molar-refractivity contribution in [2.24, 2.45) is 0 Å². The fourth-order valence-electron chi connectivity index (χ4n) is 3.46. The summed E-state index contributed by atoms with van der Waals surface area (Å²) in [6.07, 6.45) is 3.10. The van der Waals surface area contributed by atoms with Crippen molar-refractivity contribution in [1.82, 2.24) is 9.78 Å². The standard InChI is InChI=1S/C25H23ClN4O3S/c1-17-6-5-7-18(2)24(17)29-34(32,33)22-12-10-21(11-13-22)28-25(31)20-14-27-30(16-20)15-19-8-3-4-9-23(19)26/h3-14,16,29H,15H2,1-2H3,(H,28,31). The van der Waals surface area contributed by atoms with Crippen LogP contribution >= 0.6 is 11.6 Å². The van der Waals surface area contributed by atoms with E-state index >= 15 is 0 Å². The van der Waals surface area contributed by atoms with Gasteiger partial charge >= 0.3 is 0 Å². The van der Waals surface area contributed by atoms with Gasteiger partial charge in [-0.25, -0.2) is 8.42 Å². The molecule has 0 aliphatic rings. The van der Waals surface area contributed by atoms with Crippen LogP contribution in [0, 0.1) is 13.8 Å². The predicted molar refractivity (Wildman–Crippen MR) is 134 cm³/mol. The molecule has 3 aromatic carbocycles. The summed E-state index contributed by atoms with van der Waals surface area (Å²) < 4.78 is 29.9. The molecule has 7 nitrogen and oxygen atoms in total. The predicted octanol–water partition coefficient (Wildman–Crippen LogP) is 5.25. The summed E-state index contributed by atoms with van der Waals surface area (Å²) in [4.78, 5) is 12.7. The van der Waals surface area contributed by atoms with Gasteiger partial charge in [0, 0.05) is 16.9 Å². The Morgan fingerprint density at radius 2 is 1.65 bits per heavy atom. The van der Waals surface area contributed by atoms with Crippen LogP contribution in [-0.4, -0.2) is 24.1 Å². The highest BCUT2D eigenvalue weighted by Crippen LogP contribution is 2.24. The number of para-hydroxylation sites is 1. The summed E-state index contributed by atoms with van der Waals surface area (Å²) in [5.74, 6) is -0.352. The Morgan fingerprint density at radius 3 is 2.32 bits per heavy atom. The minimum Gasteiger partial charge on any atom is -0.322 e. The summed E-state index contributed by atoms with van der Waals surface area (Å²) in [6, 6.07) is 19.0. The van der Waals surface area contributed by atoms with Crippen LogP contribution in [0.3, 0.4) is 0 Å². The number of sulfonamides is 1. The van der Waals surface area contributed by atoms with Gasteiger partial charge in [0.05, 0.1) is 28.9 Å². The molecule has 0 saturated carbocycles. The van der Waals surface area contributed by atoms with Crippen LogP contribution in [0.25, 0.3) is 0 Å². The third kappa shape index (κ3) is 5.30. The molecular formula is C25H23ClN4O3S. The maximum absolute atomic E-state index is 12.8. The molecule has 0 radical (unpaired) electrons. The van der Waals surface area contributed by atoms with Gasteiger partial charge in [0.1, 0.15) is 0 Å². The minimum atomic E-state index is -3.77. The third-order valence-electron chi connectivity index (χ3n) is 5.33. The van der Waals surface area contributed by atoms with Gasteiger partial charge in [-0.05, 0) is 60.9 Å². The zero-order valence-electron chi connectivity index (χ0n) is 18.6. The van der Waals surface area contributed by atoms with Crippen molar-refractivity contribution in [2.75, 3.05) is 10.0 Å². The second-order valence-electron chi connectivity index (χ2n) is 7.87. The number of halogens is 1. The molecule has 0 atom stereocenters. The molecule has 0 saturated heterocycles. The molecule has 9 heteroatoms. The number of anilines is 2. The number of nitrogens with one attached hydrogen (secondary N) is 2. The van der Waals surface area contributed by atoms with Gasteiger partial charge in [-0.2, -0.15) is 5.10 Å². The molecule has 4 rings (SSSR count). The van der Waals surface area contributed by atoms with Crippen molar-refractivity contribution < 1.29 is 13.2 Å². The van der Waals surface area contributed by atoms with E-state index in [1.54, 1.807) is 29.1 Å². The average molecular weight is 495 g/mol. The van der Waals surface area contributed by atoms with Crippen molar-refractivity contribution in [1.29, 1.82) is 0 Å². The Balaban J connectivity index is 1.43. The molecule has 1 heterocycles. The molecule has 0 bridgehead atoms. The van der Waals surface area contributed by atoms with E-state index < -0.39 is 10.0 Å². The number of aryl methyl sites for hydroxylation is 2. The summed E-state index contributed by atoms with van der Waals surface area (Å²) in [5, 5.41) is 7.62. The Kier molecular flexibility index (Phi) is 6.72. The normalized spacial score (nSPS) is 11.3. The van der Waals surface area contributed by atoms with Gasteiger partial charge in [-0.1, -0.05) is 48.0 Å². The van der Waals surface area contributed by atoms with Crippen molar-refractivity contribution in [3.63, 3.8) is 0 Å². The first-order valence-electron chi connectivity index (χ1n) is 10.5. The summed E-state index contributed by atoms with van der Waals surface area (Å²) in [5.41, 5.74) is 3.97. The molecule has 0 aliphatic carbocycles. The SMILES string of the molecule is Cc1cccc(C)c1NS(=O)(=O)c1ccc(NC(=O)c2cnn(Cc3ccccc3Cl)c2)cc1. The van der Waals surface area contributed by atoms with Gasteiger partial charge in [0.25, 0.3) is 15.9 Å². The summed E-state index contributed by atoms with van der Waals surface area (Å²) in [6.45, 7) is 4.13. The highest BCUT2D eigenvalue weighted by atomic mass is 35.5. The number of carbonyl (C=O) groups is 1. The lowest BCUT2D eigenvalue weighted by atomic mass is 10.1. The van der Waals surface area contributed by atoms with Crippen molar-refractivity contribution in [3.8, 4) is 0 Å². The number of hydrogen-bond donors (Lipinski definition) is 2. The van der Waals surface area contributed by atoms with E-state index in [0.717, 1.165) is 16.7 Å². The number of hydrogen-bond acceptors (Lipinski definition) is 4. The largest absolute Gasteiger partial charge is 0.322 e. The maximum atomic E-state index is 12.8. The topological polar surface area (TPSA) is 93.1 Å². The van der Waals surface area contributed by atoms with Crippen LogP contribution in [0.5, 0.6) is 0 Å². The number of carbonyl (C=O) groups excluding carboxylic acids is 1. The number of rotatable bonds is 7. The third-order valence-corrected chi connectivity index (χ3v) is 7.06. The molecule has 34 heavy (non-hydrogen) atoms. The monoisotopic (exact) mass is 494 g/mol. The highest BCUT2D eigenvalue weighted by Gasteiger charge is 2.17. The lowest BCUT2D eigenvalue weighted by Gasteiger charge is -2.13. The van der Waals surface area contributed by atoms with Gasteiger partial charge in [-0.15, -0.1) is 0 Å². The molecule has 2 N–H and O–H groups in total. The quantitative estimate of drug-likeness (QED) is 0.366. The van der Waals surface area contributed by atoms with Crippen LogP contribution in [0.4, 0.5) is 11.4 Å². The summed E-state index contributed by atoms with van der Waals surface area (Å²) in [7, 11) is -3.77. The lowest BCUT2D eigenvalue weighted by molar-refractivity contribution is 0.102. The van der Waals surface area contributed by atoms with E-state index in [1.807, 2.05) is 50.2 Å². The molecule has 1 amide bonds. The molecular weight excluding hydrogens is 472 g/mol. The van der Waals surface area contributed by atoms with E-state index in [4.69, 9.17) is 11.6 Å². The minimum absolute atomic E-state index is 0.0979. The second kappa shape index (κ2) is 9.70. The molecule has 1 aromatic heterocycles. The van der Waals surface area contributed by atoms with Crippen LogP contribution in [-0.2, 0) is 16.6 Å². The van der Waals surface area contributed by atoms with Crippen LogP contribution in [0.15, 0.2) is 84.0 Å². The fourth-order valence-corrected chi connectivity index (χ4v) is 4.86. The van der Waals surface area contributed by atoms with Crippen molar-refractivity contribution in [2.45, 2.75) is 25.3 Å². The van der Waals surface area contributed by atoms with Crippen molar-refractivity contribution in [3.05, 3.63) is 106 Å². The van der Waals surface area contributed by atoms with Crippen LogP contribution in [0.1, 0.15) is 27.0 Å². The van der Waals surface area contributed by atoms with E-state index in [0.29, 0.717) is 28.5 Å². The van der Waals surface area contributed by atoms with E-state index in [9.17, 15) is 13.2 Å². The first-order chi connectivity index (χ1) is 16.2. The number of aromatic nitrogens is 2. The average Bonchev–Trinajstić information content (AvgIpc) is 3.27.